The molecule has 0 atom stereocenters. The van der Waals surface area contributed by atoms with Crippen LogP contribution in [0.3, 0.4) is 0 Å². The van der Waals surface area contributed by atoms with E-state index in [0.717, 1.165) is 16.8 Å². The van der Waals surface area contributed by atoms with E-state index in [9.17, 15) is 9.59 Å². The van der Waals surface area contributed by atoms with Crippen molar-refractivity contribution >= 4 is 17.6 Å². The van der Waals surface area contributed by atoms with Gasteiger partial charge in [0.25, 0.3) is 0 Å². The van der Waals surface area contributed by atoms with Gasteiger partial charge in [0.2, 0.25) is 0 Å². The van der Waals surface area contributed by atoms with Crippen LogP contribution in [0.2, 0.25) is 0 Å². The van der Waals surface area contributed by atoms with Gasteiger partial charge in [-0.15, -0.1) is 0 Å². The standard InChI is InChI=1S/C16H22N2O4/c1-11-10-15(4-5-16(11)18-17)14(6-8-21-12(2)19)7-9-22-13(3)20/h4-5,10,14,17H,6-9H2,1-3H3/p+1. The summed E-state index contributed by atoms with van der Waals surface area (Å²) in [6.07, 6.45) is 1.33. The molecule has 22 heavy (non-hydrogen) atoms. The lowest BCUT2D eigenvalue weighted by Gasteiger charge is -2.18. The summed E-state index contributed by atoms with van der Waals surface area (Å²) in [7, 11) is 0. The summed E-state index contributed by atoms with van der Waals surface area (Å²) in [6.45, 7) is 5.37. The van der Waals surface area contributed by atoms with E-state index < -0.39 is 0 Å². The van der Waals surface area contributed by atoms with Crippen LogP contribution in [0.4, 0.5) is 5.69 Å². The van der Waals surface area contributed by atoms with Crippen LogP contribution in [0, 0.1) is 6.92 Å². The molecule has 0 saturated heterocycles. The third-order valence-electron chi connectivity index (χ3n) is 3.37. The van der Waals surface area contributed by atoms with Gasteiger partial charge >= 0.3 is 11.9 Å². The molecule has 1 aromatic carbocycles. The highest BCUT2D eigenvalue weighted by Crippen LogP contribution is 2.28. The van der Waals surface area contributed by atoms with Crippen LogP contribution in [-0.2, 0) is 19.1 Å². The number of carbonyl (C=O) groups excluding carboxylic acids is 2. The Morgan fingerprint density at radius 2 is 1.68 bits per heavy atom. The first-order chi connectivity index (χ1) is 10.4. The molecule has 0 amide bonds. The number of hydrogen-bond acceptors (Lipinski definition) is 5. The monoisotopic (exact) mass is 307 g/mol. The van der Waals surface area contributed by atoms with Gasteiger partial charge in [-0.05, 0) is 48.0 Å². The van der Waals surface area contributed by atoms with Crippen LogP contribution >= 0.6 is 0 Å². The third-order valence-corrected chi connectivity index (χ3v) is 3.37. The van der Waals surface area contributed by atoms with Crippen molar-refractivity contribution in [2.45, 2.75) is 39.5 Å². The van der Waals surface area contributed by atoms with Gasteiger partial charge in [0.1, 0.15) is 5.69 Å². The van der Waals surface area contributed by atoms with E-state index in [1.807, 2.05) is 25.1 Å². The molecule has 0 heterocycles. The first kappa shape index (κ1) is 17.8. The number of benzene rings is 1. The smallest absolute Gasteiger partial charge is 0.302 e. The predicted octanol–water partition coefficient (Wildman–Crippen LogP) is 1.83. The van der Waals surface area contributed by atoms with E-state index in [2.05, 4.69) is 5.11 Å². The number of carbonyl (C=O) groups is 2. The lowest BCUT2D eigenvalue weighted by molar-refractivity contribution is -0.210. The first-order valence-electron chi connectivity index (χ1n) is 7.22. The molecule has 0 aliphatic carbocycles. The average Bonchev–Trinajstić information content (AvgIpc) is 2.45. The average molecular weight is 307 g/mol. The molecule has 0 spiro atoms. The number of nitrogens with two attached hydrogens (primary N) is 1. The summed E-state index contributed by atoms with van der Waals surface area (Å²) in [6, 6.07) is 5.82. The second-order valence-electron chi connectivity index (χ2n) is 5.13. The van der Waals surface area contributed by atoms with Crippen molar-refractivity contribution in [1.82, 2.24) is 0 Å². The quantitative estimate of drug-likeness (QED) is 0.586. The molecule has 0 unspecified atom stereocenters. The molecule has 6 heteroatoms. The van der Waals surface area contributed by atoms with Crippen LogP contribution < -0.4 is 5.53 Å². The third kappa shape index (κ3) is 6.03. The largest absolute Gasteiger partial charge is 0.466 e. The molecule has 0 saturated carbocycles. The number of ether oxygens (including phenoxy) is 2. The first-order valence-corrected chi connectivity index (χ1v) is 7.22. The maximum atomic E-state index is 10.9. The van der Waals surface area contributed by atoms with Crippen LogP contribution in [-0.4, -0.2) is 25.2 Å². The topological polar surface area (TPSA) is 90.6 Å². The zero-order chi connectivity index (χ0) is 16.5. The van der Waals surface area contributed by atoms with E-state index in [4.69, 9.17) is 15.0 Å². The van der Waals surface area contributed by atoms with Gasteiger partial charge in [-0.3, -0.25) is 9.59 Å². The van der Waals surface area contributed by atoms with Gasteiger partial charge < -0.3 is 9.47 Å². The molecule has 0 aliphatic heterocycles. The van der Waals surface area contributed by atoms with E-state index in [0.29, 0.717) is 26.1 Å². The molecule has 0 radical (unpaired) electrons. The van der Waals surface area contributed by atoms with Crippen LogP contribution in [0.25, 0.3) is 0 Å². The van der Waals surface area contributed by atoms with Crippen LogP contribution in [0.1, 0.15) is 43.7 Å². The molecule has 2 N–H and O–H groups in total. The lowest BCUT2D eigenvalue weighted by Crippen LogP contribution is -2.22. The molecule has 6 nitrogen and oxygen atoms in total. The Bertz CT molecular complexity index is 523. The molecule has 0 aromatic heterocycles. The Balaban J connectivity index is 2.77. The number of rotatable bonds is 8. The fourth-order valence-corrected chi connectivity index (χ4v) is 2.24. The minimum atomic E-state index is -0.299. The maximum absolute atomic E-state index is 10.9. The maximum Gasteiger partial charge on any atom is 0.302 e. The van der Waals surface area contributed by atoms with Gasteiger partial charge in [-0.1, -0.05) is 12.1 Å². The van der Waals surface area contributed by atoms with Crippen LogP contribution in [0.15, 0.2) is 23.3 Å². The SMILES string of the molecule is CC(=O)OCCC(CCOC(C)=O)c1ccc(N=[NH2+])c(C)c1. The molecular weight excluding hydrogens is 284 g/mol. The summed E-state index contributed by atoms with van der Waals surface area (Å²) in [5.41, 5.74) is 8.12. The van der Waals surface area contributed by atoms with Crippen molar-refractivity contribution in [2.24, 2.45) is 5.11 Å². The Hall–Kier alpha value is -2.24. The highest BCUT2D eigenvalue weighted by molar-refractivity contribution is 5.66. The molecule has 1 rings (SSSR count). The van der Waals surface area contributed by atoms with E-state index >= 15 is 0 Å². The highest BCUT2D eigenvalue weighted by Gasteiger charge is 2.14. The fraction of sp³-hybridized carbons (Fsp3) is 0.500. The minimum absolute atomic E-state index is 0.129. The molecule has 120 valence electrons. The van der Waals surface area contributed by atoms with E-state index in [1.165, 1.54) is 13.8 Å². The zero-order valence-corrected chi connectivity index (χ0v) is 13.3. The fourth-order valence-electron chi connectivity index (χ4n) is 2.24. The molecule has 0 fully saturated rings. The van der Waals surface area contributed by atoms with Crippen molar-refractivity contribution in [3.05, 3.63) is 29.3 Å². The van der Waals surface area contributed by atoms with Gasteiger partial charge in [-0.25, -0.2) is 0 Å². The minimum Gasteiger partial charge on any atom is -0.466 e. The summed E-state index contributed by atoms with van der Waals surface area (Å²) >= 11 is 0. The number of aryl methyl sites for hydroxylation is 1. The molecule has 0 aliphatic rings. The van der Waals surface area contributed by atoms with Crippen molar-refractivity contribution in [3.63, 3.8) is 0 Å². The van der Waals surface area contributed by atoms with Crippen molar-refractivity contribution in [2.75, 3.05) is 13.2 Å². The van der Waals surface area contributed by atoms with Crippen molar-refractivity contribution in [1.29, 1.82) is 0 Å². The Morgan fingerprint density at radius 3 is 2.09 bits per heavy atom. The van der Waals surface area contributed by atoms with E-state index in [1.54, 1.807) is 0 Å². The Labute approximate surface area is 130 Å². The lowest BCUT2D eigenvalue weighted by atomic mass is 9.91. The van der Waals surface area contributed by atoms with Crippen LogP contribution in [0.5, 0.6) is 0 Å². The summed E-state index contributed by atoms with van der Waals surface area (Å²) in [4.78, 5) is 21.8. The number of nitrogens with zero attached hydrogens (tertiary/aromatic N) is 1. The molecule has 1 aromatic rings. The molecular formula is C16H23N2O4+. The summed E-state index contributed by atoms with van der Waals surface area (Å²) in [5.74, 6) is -0.469. The zero-order valence-electron chi connectivity index (χ0n) is 13.3. The number of esters is 2. The van der Waals surface area contributed by atoms with Gasteiger partial charge in [0.05, 0.1) is 13.2 Å². The van der Waals surface area contributed by atoms with Crippen molar-refractivity contribution < 1.29 is 24.6 Å². The second-order valence-corrected chi connectivity index (χ2v) is 5.13. The Kier molecular flexibility index (Phi) is 7.22. The normalized spacial score (nSPS) is 10.4. The highest BCUT2D eigenvalue weighted by atomic mass is 16.5. The summed E-state index contributed by atoms with van der Waals surface area (Å²) < 4.78 is 10.0. The van der Waals surface area contributed by atoms with E-state index in [-0.39, 0.29) is 17.9 Å². The number of hydrogen-bond donors (Lipinski definition) is 1. The van der Waals surface area contributed by atoms with Gasteiger partial charge in [-0.2, -0.15) is 5.53 Å². The summed E-state index contributed by atoms with van der Waals surface area (Å²) in [5, 5.41) is 3.70. The molecule has 0 bridgehead atoms. The van der Waals surface area contributed by atoms with Crippen molar-refractivity contribution in [3.8, 4) is 0 Å². The van der Waals surface area contributed by atoms with Gasteiger partial charge in [0, 0.05) is 13.8 Å². The Morgan fingerprint density at radius 1 is 1.14 bits per heavy atom. The second kappa shape index (κ2) is 8.92. The van der Waals surface area contributed by atoms with Gasteiger partial charge in [0.15, 0.2) is 0 Å². The predicted molar refractivity (Wildman–Crippen MR) is 80.4 cm³/mol.